The van der Waals surface area contributed by atoms with Gasteiger partial charge < -0.3 is 9.84 Å². The van der Waals surface area contributed by atoms with Crippen LogP contribution in [0.1, 0.15) is 37.7 Å². The molecule has 0 bridgehead atoms. The second-order valence-corrected chi connectivity index (χ2v) is 4.25. The largest absolute Gasteiger partial charge is 0.463 e. The second kappa shape index (κ2) is 4.23. The van der Waals surface area contributed by atoms with Crippen LogP contribution in [0.15, 0.2) is 24.3 Å². The molecule has 2 heteroatoms. The van der Waals surface area contributed by atoms with E-state index in [1.807, 2.05) is 24.3 Å². The number of aliphatic hydroxyl groups is 1. The first-order valence-electron chi connectivity index (χ1n) is 5.51. The number of benzene rings is 1. The van der Waals surface area contributed by atoms with E-state index in [9.17, 15) is 5.11 Å². The van der Waals surface area contributed by atoms with Crippen LogP contribution in [0, 0.1) is 6.92 Å². The molecule has 1 saturated carbocycles. The van der Waals surface area contributed by atoms with Crippen molar-refractivity contribution >= 4 is 0 Å². The predicted molar refractivity (Wildman–Crippen MR) is 59.6 cm³/mol. The zero-order valence-corrected chi connectivity index (χ0v) is 8.91. The smallest absolute Gasteiger partial charge is 0.208 e. The summed E-state index contributed by atoms with van der Waals surface area (Å²) in [7, 11) is 0. The van der Waals surface area contributed by atoms with Gasteiger partial charge in [-0.3, -0.25) is 0 Å². The first-order valence-corrected chi connectivity index (χ1v) is 5.51. The van der Waals surface area contributed by atoms with Crippen molar-refractivity contribution in [3.8, 4) is 5.75 Å². The SMILES string of the molecule is [CH2]c1ccc(OC2(O)CCCCC2)cc1. The van der Waals surface area contributed by atoms with Crippen molar-refractivity contribution in [1.82, 2.24) is 0 Å². The average Bonchev–Trinajstić information content (AvgIpc) is 2.22. The lowest BCUT2D eigenvalue weighted by Crippen LogP contribution is -2.37. The number of hydrogen-bond acceptors (Lipinski definition) is 2. The highest BCUT2D eigenvalue weighted by molar-refractivity contribution is 5.28. The lowest BCUT2D eigenvalue weighted by Gasteiger charge is -2.32. The fourth-order valence-electron chi connectivity index (χ4n) is 1.98. The molecule has 0 amide bonds. The standard InChI is InChI=1S/C13H17O2/c1-11-5-7-12(8-6-11)15-13(14)9-3-2-4-10-13/h5-8,14H,1-4,9-10H2. The van der Waals surface area contributed by atoms with Crippen LogP contribution in [-0.4, -0.2) is 10.9 Å². The van der Waals surface area contributed by atoms with E-state index in [0.717, 1.165) is 37.0 Å². The molecule has 1 radical (unpaired) electrons. The Bertz CT molecular complexity index is 310. The molecule has 0 aliphatic heterocycles. The lowest BCUT2D eigenvalue weighted by molar-refractivity contribution is -0.158. The van der Waals surface area contributed by atoms with Gasteiger partial charge in [0.05, 0.1) is 0 Å². The summed E-state index contributed by atoms with van der Waals surface area (Å²) < 4.78 is 5.63. The Labute approximate surface area is 90.9 Å². The highest BCUT2D eigenvalue weighted by atomic mass is 16.6. The van der Waals surface area contributed by atoms with Gasteiger partial charge in [0.1, 0.15) is 5.75 Å². The maximum atomic E-state index is 10.2. The summed E-state index contributed by atoms with van der Waals surface area (Å²) in [6, 6.07) is 7.49. The molecule has 15 heavy (non-hydrogen) atoms. The van der Waals surface area contributed by atoms with Crippen molar-refractivity contribution in [1.29, 1.82) is 0 Å². The Morgan fingerprint density at radius 1 is 1.07 bits per heavy atom. The van der Waals surface area contributed by atoms with E-state index in [-0.39, 0.29) is 0 Å². The van der Waals surface area contributed by atoms with Gasteiger partial charge in [-0.15, -0.1) is 0 Å². The molecule has 1 aliphatic rings. The van der Waals surface area contributed by atoms with Crippen molar-refractivity contribution in [2.75, 3.05) is 0 Å². The van der Waals surface area contributed by atoms with Crippen LogP contribution in [0.5, 0.6) is 5.75 Å². The van der Waals surface area contributed by atoms with E-state index in [0.29, 0.717) is 0 Å². The zero-order chi connectivity index (χ0) is 10.7. The van der Waals surface area contributed by atoms with Gasteiger partial charge in [-0.1, -0.05) is 18.6 Å². The molecule has 0 unspecified atom stereocenters. The van der Waals surface area contributed by atoms with Crippen LogP contribution < -0.4 is 4.74 Å². The van der Waals surface area contributed by atoms with Crippen molar-refractivity contribution in [3.05, 3.63) is 36.8 Å². The number of rotatable bonds is 2. The molecule has 2 nitrogen and oxygen atoms in total. The first kappa shape index (κ1) is 10.5. The van der Waals surface area contributed by atoms with E-state index in [1.165, 1.54) is 6.42 Å². The monoisotopic (exact) mass is 205 g/mol. The van der Waals surface area contributed by atoms with Gasteiger partial charge in [0.25, 0.3) is 0 Å². The van der Waals surface area contributed by atoms with Crippen LogP contribution in [-0.2, 0) is 0 Å². The minimum atomic E-state index is -0.944. The molecule has 1 aliphatic carbocycles. The highest BCUT2D eigenvalue weighted by Crippen LogP contribution is 2.30. The van der Waals surface area contributed by atoms with Crippen molar-refractivity contribution in [2.45, 2.75) is 37.9 Å². The van der Waals surface area contributed by atoms with Crippen molar-refractivity contribution < 1.29 is 9.84 Å². The lowest BCUT2D eigenvalue weighted by atomic mass is 9.94. The fourth-order valence-corrected chi connectivity index (χ4v) is 1.98. The van der Waals surface area contributed by atoms with Crippen LogP contribution >= 0.6 is 0 Å². The quantitative estimate of drug-likeness (QED) is 0.752. The van der Waals surface area contributed by atoms with Gasteiger partial charge in [0, 0.05) is 12.8 Å². The molecule has 0 heterocycles. The molecule has 0 saturated heterocycles. The predicted octanol–water partition coefficient (Wildman–Crippen LogP) is 2.90. The van der Waals surface area contributed by atoms with Gasteiger partial charge in [0.2, 0.25) is 5.79 Å². The average molecular weight is 205 g/mol. The number of hydrogen-bond donors (Lipinski definition) is 1. The summed E-state index contributed by atoms with van der Waals surface area (Å²) in [5.41, 5.74) is 0.956. The van der Waals surface area contributed by atoms with E-state index in [4.69, 9.17) is 4.74 Å². The third-order valence-electron chi connectivity index (χ3n) is 2.87. The van der Waals surface area contributed by atoms with Crippen molar-refractivity contribution in [2.24, 2.45) is 0 Å². The minimum Gasteiger partial charge on any atom is -0.463 e. The van der Waals surface area contributed by atoms with Crippen molar-refractivity contribution in [3.63, 3.8) is 0 Å². The molecule has 0 aromatic heterocycles. The Balaban J connectivity index is 2.03. The highest BCUT2D eigenvalue weighted by Gasteiger charge is 2.31. The molecule has 1 N–H and O–H groups in total. The van der Waals surface area contributed by atoms with E-state index >= 15 is 0 Å². The first-order chi connectivity index (χ1) is 7.18. The third-order valence-corrected chi connectivity index (χ3v) is 2.87. The van der Waals surface area contributed by atoms with Gasteiger partial charge in [-0.25, -0.2) is 0 Å². The topological polar surface area (TPSA) is 29.5 Å². The van der Waals surface area contributed by atoms with E-state index in [2.05, 4.69) is 6.92 Å². The normalized spacial score (nSPS) is 19.9. The van der Waals surface area contributed by atoms with Gasteiger partial charge >= 0.3 is 0 Å². The summed E-state index contributed by atoms with van der Waals surface area (Å²) in [5, 5.41) is 10.2. The van der Waals surface area contributed by atoms with Crippen LogP contribution in [0.2, 0.25) is 0 Å². The van der Waals surface area contributed by atoms with E-state index < -0.39 is 5.79 Å². The Morgan fingerprint density at radius 3 is 2.27 bits per heavy atom. The molecule has 1 aromatic carbocycles. The summed E-state index contributed by atoms with van der Waals surface area (Å²) in [5.74, 6) is -0.215. The summed E-state index contributed by atoms with van der Waals surface area (Å²) in [4.78, 5) is 0. The second-order valence-electron chi connectivity index (χ2n) is 4.25. The summed E-state index contributed by atoms with van der Waals surface area (Å²) in [6.07, 6.45) is 4.76. The van der Waals surface area contributed by atoms with Crippen LogP contribution in [0.4, 0.5) is 0 Å². The van der Waals surface area contributed by atoms with E-state index in [1.54, 1.807) is 0 Å². The molecule has 1 aromatic rings. The Hall–Kier alpha value is -1.02. The van der Waals surface area contributed by atoms with Gasteiger partial charge in [-0.05, 0) is 37.5 Å². The molecule has 0 spiro atoms. The number of ether oxygens (including phenoxy) is 1. The zero-order valence-electron chi connectivity index (χ0n) is 8.91. The molecule has 2 rings (SSSR count). The minimum absolute atomic E-state index is 0.729. The molecule has 0 atom stereocenters. The maximum Gasteiger partial charge on any atom is 0.208 e. The maximum absolute atomic E-state index is 10.2. The van der Waals surface area contributed by atoms with Gasteiger partial charge in [-0.2, -0.15) is 0 Å². The Morgan fingerprint density at radius 2 is 1.67 bits per heavy atom. The summed E-state index contributed by atoms with van der Waals surface area (Å²) in [6.45, 7) is 3.81. The fraction of sp³-hybridized carbons (Fsp3) is 0.462. The van der Waals surface area contributed by atoms with Crippen LogP contribution in [0.3, 0.4) is 0 Å². The van der Waals surface area contributed by atoms with Gasteiger partial charge in [0.15, 0.2) is 0 Å². The molecule has 81 valence electrons. The Kier molecular flexibility index (Phi) is 2.96. The third kappa shape index (κ3) is 2.72. The van der Waals surface area contributed by atoms with Crippen LogP contribution in [0.25, 0.3) is 0 Å². The molecular formula is C13H17O2. The summed E-state index contributed by atoms with van der Waals surface area (Å²) >= 11 is 0. The molecular weight excluding hydrogens is 188 g/mol. The molecule has 1 fully saturated rings.